The molecule has 0 atom stereocenters. The molecule has 0 saturated carbocycles. The Bertz CT molecular complexity index is 1050. The predicted molar refractivity (Wildman–Crippen MR) is 108 cm³/mol. The lowest BCUT2D eigenvalue weighted by Crippen LogP contribution is -2.07. The van der Waals surface area contributed by atoms with Crippen molar-refractivity contribution in [3.63, 3.8) is 0 Å². The van der Waals surface area contributed by atoms with Gasteiger partial charge in [-0.3, -0.25) is 0 Å². The Balaban J connectivity index is 1.71. The largest absolute Gasteiger partial charge is 0.454 e. The van der Waals surface area contributed by atoms with Crippen molar-refractivity contribution in [2.75, 3.05) is 11.9 Å². The quantitative estimate of drug-likeness (QED) is 0.456. The van der Waals surface area contributed by atoms with Gasteiger partial charge in [-0.15, -0.1) is 0 Å². The molecule has 4 nitrogen and oxygen atoms in total. The molecular weight excluding hydrogens is 390 g/mol. The molecule has 1 aliphatic heterocycles. The maximum atomic E-state index is 6.12. The molecule has 0 bridgehead atoms. The van der Waals surface area contributed by atoms with E-state index in [2.05, 4.69) is 45.5 Å². The topological polar surface area (TPSA) is 43.0 Å². The normalized spacial score (nSPS) is 14.0. The van der Waals surface area contributed by atoms with Crippen LogP contribution in [0, 0.1) is 0 Å². The molecular formula is C21H18BrN3O. The van der Waals surface area contributed by atoms with E-state index in [-0.39, 0.29) is 0 Å². The number of nitrogens with one attached hydrogen (secondary N) is 1. The van der Waals surface area contributed by atoms with Gasteiger partial charge in [0.1, 0.15) is 17.1 Å². The lowest BCUT2D eigenvalue weighted by molar-refractivity contribution is 0.625. The van der Waals surface area contributed by atoms with Crippen LogP contribution in [0.15, 0.2) is 63.5 Å². The maximum Gasteiger partial charge on any atom is 0.156 e. The number of aromatic nitrogens is 2. The molecule has 3 heterocycles. The minimum Gasteiger partial charge on any atom is -0.454 e. The van der Waals surface area contributed by atoms with Gasteiger partial charge in [0, 0.05) is 22.0 Å². The number of hydrogen-bond donors (Lipinski definition) is 1. The molecule has 2 aromatic carbocycles. The summed E-state index contributed by atoms with van der Waals surface area (Å²) >= 11 is 3.51. The molecule has 0 amide bonds. The minimum atomic E-state index is 0.835. The average molecular weight is 408 g/mol. The molecule has 26 heavy (non-hydrogen) atoms. The Morgan fingerprint density at radius 1 is 1.04 bits per heavy atom. The van der Waals surface area contributed by atoms with Gasteiger partial charge in [-0.25, -0.2) is 4.68 Å². The summed E-state index contributed by atoms with van der Waals surface area (Å²) in [5.41, 5.74) is 4.12. The Hall–Kier alpha value is -2.53. The number of fused-ring (bicyclic) bond motifs is 2. The van der Waals surface area contributed by atoms with Gasteiger partial charge in [-0.2, -0.15) is 5.10 Å². The summed E-state index contributed by atoms with van der Waals surface area (Å²) in [6.45, 7) is 0.967. The Labute approximate surface area is 160 Å². The summed E-state index contributed by atoms with van der Waals surface area (Å²) in [6, 6.07) is 18.4. The first-order chi connectivity index (χ1) is 12.8. The third kappa shape index (κ3) is 2.63. The van der Waals surface area contributed by atoms with Crippen molar-refractivity contribution in [2.45, 2.75) is 19.3 Å². The fraction of sp³-hybridized carbons (Fsp3) is 0.190. The van der Waals surface area contributed by atoms with Crippen LogP contribution in [0.5, 0.6) is 0 Å². The molecule has 0 saturated heterocycles. The highest BCUT2D eigenvalue weighted by atomic mass is 79.9. The van der Waals surface area contributed by atoms with E-state index in [1.165, 1.54) is 5.56 Å². The van der Waals surface area contributed by atoms with E-state index < -0.39 is 0 Å². The van der Waals surface area contributed by atoms with Crippen LogP contribution in [0.1, 0.15) is 18.4 Å². The molecule has 0 radical (unpaired) electrons. The van der Waals surface area contributed by atoms with Gasteiger partial charge in [0.2, 0.25) is 0 Å². The highest BCUT2D eigenvalue weighted by molar-refractivity contribution is 9.10. The van der Waals surface area contributed by atoms with Crippen molar-refractivity contribution in [1.82, 2.24) is 9.78 Å². The van der Waals surface area contributed by atoms with E-state index in [9.17, 15) is 0 Å². The Kier molecular flexibility index (Phi) is 3.82. The summed E-state index contributed by atoms with van der Waals surface area (Å²) in [5, 5.41) is 9.63. The first-order valence-corrected chi connectivity index (χ1v) is 9.69. The fourth-order valence-electron chi connectivity index (χ4n) is 3.57. The van der Waals surface area contributed by atoms with Crippen LogP contribution in [-0.4, -0.2) is 16.3 Å². The monoisotopic (exact) mass is 407 g/mol. The number of nitrogens with zero attached hydrogens (tertiary/aromatic N) is 2. The molecule has 4 aromatic rings. The molecule has 0 fully saturated rings. The first-order valence-electron chi connectivity index (χ1n) is 8.90. The summed E-state index contributed by atoms with van der Waals surface area (Å²) in [6.07, 6.45) is 3.32. The van der Waals surface area contributed by atoms with E-state index in [1.54, 1.807) is 0 Å². The Morgan fingerprint density at radius 3 is 2.73 bits per heavy atom. The van der Waals surface area contributed by atoms with E-state index in [0.717, 1.165) is 64.2 Å². The standard InChI is InChI=1S/C21H18BrN3O/c22-15-8-10-16(11-9-15)25-21-17(6-3-4-12-23-21)20(24-25)19-13-14-5-1-2-7-18(14)26-19/h1-2,5,7-11,13,23H,3-4,6,12H2. The van der Waals surface area contributed by atoms with Gasteiger partial charge in [-0.05, 0) is 55.7 Å². The molecule has 5 heteroatoms. The summed E-state index contributed by atoms with van der Waals surface area (Å²) < 4.78 is 9.19. The minimum absolute atomic E-state index is 0.835. The lowest BCUT2D eigenvalue weighted by Gasteiger charge is -2.09. The number of rotatable bonds is 2. The molecule has 0 unspecified atom stereocenters. The SMILES string of the molecule is Brc1ccc(-n2nc(-c3cc4ccccc4o3)c3c2NCCCC3)cc1. The lowest BCUT2D eigenvalue weighted by atomic mass is 10.1. The van der Waals surface area contributed by atoms with Crippen molar-refractivity contribution in [1.29, 1.82) is 0 Å². The maximum absolute atomic E-state index is 6.12. The zero-order chi connectivity index (χ0) is 17.5. The van der Waals surface area contributed by atoms with Crippen LogP contribution in [0.4, 0.5) is 5.82 Å². The van der Waals surface area contributed by atoms with Crippen LogP contribution in [0.3, 0.4) is 0 Å². The van der Waals surface area contributed by atoms with E-state index in [4.69, 9.17) is 9.52 Å². The second kappa shape index (κ2) is 6.32. The van der Waals surface area contributed by atoms with E-state index >= 15 is 0 Å². The summed E-state index contributed by atoms with van der Waals surface area (Å²) in [5.74, 6) is 1.92. The fourth-order valence-corrected chi connectivity index (χ4v) is 3.83. The number of hydrogen-bond acceptors (Lipinski definition) is 3. The van der Waals surface area contributed by atoms with Crippen molar-refractivity contribution >= 4 is 32.7 Å². The number of halogens is 1. The molecule has 1 N–H and O–H groups in total. The zero-order valence-corrected chi connectivity index (χ0v) is 15.8. The smallest absolute Gasteiger partial charge is 0.156 e. The highest BCUT2D eigenvalue weighted by Crippen LogP contribution is 2.36. The third-order valence-corrected chi connectivity index (χ3v) is 5.39. The van der Waals surface area contributed by atoms with Crippen LogP contribution in [-0.2, 0) is 6.42 Å². The van der Waals surface area contributed by atoms with Gasteiger partial charge >= 0.3 is 0 Å². The van der Waals surface area contributed by atoms with Gasteiger partial charge in [0.15, 0.2) is 5.76 Å². The molecule has 0 aliphatic carbocycles. The number of furan rings is 1. The number of anilines is 1. The highest BCUT2D eigenvalue weighted by Gasteiger charge is 2.23. The Morgan fingerprint density at radius 2 is 1.88 bits per heavy atom. The van der Waals surface area contributed by atoms with Crippen LogP contribution >= 0.6 is 15.9 Å². The van der Waals surface area contributed by atoms with E-state index in [1.807, 2.05) is 35.0 Å². The van der Waals surface area contributed by atoms with E-state index in [0.29, 0.717) is 0 Å². The third-order valence-electron chi connectivity index (χ3n) is 4.86. The first kappa shape index (κ1) is 15.7. The second-order valence-corrected chi connectivity index (χ2v) is 7.51. The van der Waals surface area contributed by atoms with Gasteiger partial charge in [0.25, 0.3) is 0 Å². The van der Waals surface area contributed by atoms with Crippen LogP contribution in [0.25, 0.3) is 28.1 Å². The molecule has 1 aliphatic rings. The van der Waals surface area contributed by atoms with Crippen molar-refractivity contribution in [3.8, 4) is 17.1 Å². The average Bonchev–Trinajstić information content (AvgIpc) is 3.16. The number of benzene rings is 2. The van der Waals surface area contributed by atoms with Gasteiger partial charge in [0.05, 0.1) is 5.69 Å². The van der Waals surface area contributed by atoms with Gasteiger partial charge in [-0.1, -0.05) is 34.1 Å². The summed E-state index contributed by atoms with van der Waals surface area (Å²) in [7, 11) is 0. The molecule has 5 rings (SSSR count). The van der Waals surface area contributed by atoms with Crippen LogP contribution in [0.2, 0.25) is 0 Å². The van der Waals surface area contributed by atoms with Crippen molar-refractivity contribution < 1.29 is 4.42 Å². The zero-order valence-electron chi connectivity index (χ0n) is 14.2. The second-order valence-electron chi connectivity index (χ2n) is 6.60. The molecule has 2 aromatic heterocycles. The van der Waals surface area contributed by atoms with Crippen LogP contribution < -0.4 is 5.32 Å². The van der Waals surface area contributed by atoms with Gasteiger partial charge < -0.3 is 9.73 Å². The number of para-hydroxylation sites is 1. The van der Waals surface area contributed by atoms with Crippen molar-refractivity contribution in [3.05, 3.63) is 64.6 Å². The molecule has 0 spiro atoms. The summed E-state index contributed by atoms with van der Waals surface area (Å²) in [4.78, 5) is 0. The van der Waals surface area contributed by atoms with Crippen molar-refractivity contribution in [2.24, 2.45) is 0 Å². The predicted octanol–water partition coefficient (Wildman–Crippen LogP) is 5.80. The molecule has 130 valence electrons.